The van der Waals surface area contributed by atoms with Crippen molar-refractivity contribution in [2.75, 3.05) is 0 Å². The van der Waals surface area contributed by atoms with E-state index < -0.39 is 5.97 Å². The molecule has 0 bridgehead atoms. The molecule has 2 aromatic rings. The maximum absolute atomic E-state index is 10.7. The summed E-state index contributed by atoms with van der Waals surface area (Å²) < 4.78 is 0. The van der Waals surface area contributed by atoms with E-state index in [2.05, 4.69) is 9.97 Å². The number of carboxylic acids is 1. The number of hydrogen-bond acceptors (Lipinski definition) is 3. The first-order valence-corrected chi connectivity index (χ1v) is 5.12. The number of imidazole rings is 1. The summed E-state index contributed by atoms with van der Waals surface area (Å²) in [6.45, 7) is 1.71. The number of carbonyl (C=O) groups is 1. The Kier molecular flexibility index (Phi) is 2.93. The van der Waals surface area contributed by atoms with Crippen LogP contribution in [0.3, 0.4) is 0 Å². The molecule has 0 aliphatic rings. The average Bonchev–Trinajstić information content (AvgIpc) is 2.70. The van der Waals surface area contributed by atoms with Gasteiger partial charge in [-0.25, -0.2) is 9.78 Å². The number of aromatic nitrogens is 2. The number of nitrogens with one attached hydrogen (secondary N) is 1. The normalized spacial score (nSPS) is 10.5. The second-order valence-corrected chi connectivity index (χ2v) is 3.70. The number of aliphatic hydroxyl groups is 1. The van der Waals surface area contributed by atoms with Gasteiger partial charge >= 0.3 is 5.97 Å². The highest BCUT2D eigenvalue weighted by atomic mass is 16.4. The number of aromatic amines is 1. The lowest BCUT2D eigenvalue weighted by atomic mass is 10.1. The third-order valence-electron chi connectivity index (χ3n) is 2.54. The molecule has 5 nitrogen and oxygen atoms in total. The van der Waals surface area contributed by atoms with Crippen molar-refractivity contribution in [3.05, 3.63) is 41.2 Å². The molecule has 5 heteroatoms. The molecule has 0 saturated heterocycles. The van der Waals surface area contributed by atoms with E-state index in [1.165, 1.54) is 12.1 Å². The fourth-order valence-electron chi connectivity index (χ4n) is 1.56. The number of carboxylic acid groups (broad SMARTS) is 1. The summed E-state index contributed by atoms with van der Waals surface area (Å²) in [6, 6.07) is 6.41. The second-order valence-electron chi connectivity index (χ2n) is 3.70. The topological polar surface area (TPSA) is 86.2 Å². The molecule has 1 aromatic heterocycles. The van der Waals surface area contributed by atoms with Crippen molar-refractivity contribution < 1.29 is 15.0 Å². The van der Waals surface area contributed by atoms with Crippen molar-refractivity contribution in [1.82, 2.24) is 9.97 Å². The Labute approximate surface area is 97.8 Å². The molecule has 0 aliphatic heterocycles. The number of aryl methyl sites for hydroxylation is 1. The van der Waals surface area contributed by atoms with Gasteiger partial charge in [-0.05, 0) is 19.1 Å². The standard InChI is InChI=1S/C12H12N2O3/c1-7-10(6-15)14-11(13-7)8-2-4-9(5-3-8)12(16)17/h2-5,15H,6H2,1H3,(H,13,14)(H,16,17). The fourth-order valence-corrected chi connectivity index (χ4v) is 1.56. The quantitative estimate of drug-likeness (QED) is 0.749. The van der Waals surface area contributed by atoms with E-state index in [0.29, 0.717) is 11.5 Å². The molecule has 0 aliphatic carbocycles. The van der Waals surface area contributed by atoms with Crippen molar-refractivity contribution >= 4 is 5.97 Å². The smallest absolute Gasteiger partial charge is 0.335 e. The molecule has 3 N–H and O–H groups in total. The van der Waals surface area contributed by atoms with Gasteiger partial charge in [0.15, 0.2) is 0 Å². The zero-order chi connectivity index (χ0) is 12.4. The maximum Gasteiger partial charge on any atom is 0.335 e. The van der Waals surface area contributed by atoms with Gasteiger partial charge in [0.25, 0.3) is 0 Å². The Hall–Kier alpha value is -2.14. The van der Waals surface area contributed by atoms with E-state index in [4.69, 9.17) is 10.2 Å². The van der Waals surface area contributed by atoms with Crippen LogP contribution in [0.15, 0.2) is 24.3 Å². The van der Waals surface area contributed by atoms with Crippen LogP contribution >= 0.6 is 0 Å². The van der Waals surface area contributed by atoms with Gasteiger partial charge in [-0.15, -0.1) is 0 Å². The van der Waals surface area contributed by atoms with Crippen molar-refractivity contribution in [2.45, 2.75) is 13.5 Å². The lowest BCUT2D eigenvalue weighted by Gasteiger charge is -1.97. The minimum atomic E-state index is -0.955. The number of benzene rings is 1. The van der Waals surface area contributed by atoms with Gasteiger partial charge in [-0.2, -0.15) is 0 Å². The number of rotatable bonds is 3. The highest BCUT2D eigenvalue weighted by Gasteiger charge is 2.08. The molecule has 0 fully saturated rings. The predicted octanol–water partition coefficient (Wildman–Crippen LogP) is 1.58. The summed E-state index contributed by atoms with van der Waals surface area (Å²) in [5.74, 6) is -0.327. The maximum atomic E-state index is 10.7. The Morgan fingerprint density at radius 1 is 1.35 bits per heavy atom. The van der Waals surface area contributed by atoms with Gasteiger partial charge in [-0.3, -0.25) is 0 Å². The van der Waals surface area contributed by atoms with Crippen LogP contribution in [-0.4, -0.2) is 26.2 Å². The summed E-state index contributed by atoms with van der Waals surface area (Å²) in [4.78, 5) is 18.0. The molecule has 2 rings (SSSR count). The molecular formula is C12H12N2O3. The van der Waals surface area contributed by atoms with Crippen molar-refractivity contribution in [3.63, 3.8) is 0 Å². The van der Waals surface area contributed by atoms with Crippen LogP contribution in [0.2, 0.25) is 0 Å². The molecule has 0 amide bonds. The first-order chi connectivity index (χ1) is 8.11. The van der Waals surface area contributed by atoms with Gasteiger partial charge in [0, 0.05) is 11.3 Å². The van der Waals surface area contributed by atoms with Gasteiger partial charge in [0.1, 0.15) is 5.82 Å². The van der Waals surface area contributed by atoms with Crippen molar-refractivity contribution in [2.24, 2.45) is 0 Å². The molecule has 17 heavy (non-hydrogen) atoms. The lowest BCUT2D eigenvalue weighted by molar-refractivity contribution is 0.0697. The zero-order valence-corrected chi connectivity index (χ0v) is 9.27. The first kappa shape index (κ1) is 11.3. The third kappa shape index (κ3) is 2.19. The highest BCUT2D eigenvalue weighted by Crippen LogP contribution is 2.18. The Morgan fingerprint density at radius 3 is 2.47 bits per heavy atom. The van der Waals surface area contributed by atoms with Crippen molar-refractivity contribution in [1.29, 1.82) is 0 Å². The average molecular weight is 232 g/mol. The summed E-state index contributed by atoms with van der Waals surface area (Å²) >= 11 is 0. The first-order valence-electron chi connectivity index (χ1n) is 5.12. The molecule has 0 atom stereocenters. The van der Waals surface area contributed by atoms with Crippen LogP contribution in [0.1, 0.15) is 21.7 Å². The zero-order valence-electron chi connectivity index (χ0n) is 9.27. The molecule has 0 radical (unpaired) electrons. The molecule has 88 valence electrons. The molecule has 1 aromatic carbocycles. The van der Waals surface area contributed by atoms with E-state index in [0.717, 1.165) is 11.3 Å². The Bertz CT molecular complexity index is 543. The summed E-state index contributed by atoms with van der Waals surface area (Å²) in [5, 5.41) is 17.8. The molecule has 0 unspecified atom stereocenters. The van der Waals surface area contributed by atoms with E-state index >= 15 is 0 Å². The van der Waals surface area contributed by atoms with Crippen LogP contribution in [0, 0.1) is 6.92 Å². The number of H-pyrrole nitrogens is 1. The van der Waals surface area contributed by atoms with Crippen LogP contribution < -0.4 is 0 Å². The predicted molar refractivity (Wildman–Crippen MR) is 61.6 cm³/mol. The van der Waals surface area contributed by atoms with Crippen LogP contribution in [0.25, 0.3) is 11.4 Å². The summed E-state index contributed by atoms with van der Waals surface area (Å²) in [5.41, 5.74) is 2.43. The molecule has 1 heterocycles. The number of nitrogens with zero attached hydrogens (tertiary/aromatic N) is 1. The molecule has 0 saturated carbocycles. The molecule has 0 spiro atoms. The van der Waals surface area contributed by atoms with Gasteiger partial charge < -0.3 is 15.2 Å². The minimum absolute atomic E-state index is 0.116. The SMILES string of the molecule is Cc1[nH]c(-c2ccc(C(=O)O)cc2)nc1CO. The van der Waals surface area contributed by atoms with Gasteiger partial charge in [0.05, 0.1) is 17.9 Å². The second kappa shape index (κ2) is 4.39. The fraction of sp³-hybridized carbons (Fsp3) is 0.167. The van der Waals surface area contributed by atoms with Crippen molar-refractivity contribution in [3.8, 4) is 11.4 Å². The monoisotopic (exact) mass is 232 g/mol. The minimum Gasteiger partial charge on any atom is -0.478 e. The van der Waals surface area contributed by atoms with E-state index in [1.54, 1.807) is 12.1 Å². The van der Waals surface area contributed by atoms with Crippen LogP contribution in [-0.2, 0) is 6.61 Å². The lowest BCUT2D eigenvalue weighted by Crippen LogP contribution is -1.95. The van der Waals surface area contributed by atoms with E-state index in [-0.39, 0.29) is 12.2 Å². The number of hydrogen-bond donors (Lipinski definition) is 3. The largest absolute Gasteiger partial charge is 0.478 e. The number of aromatic carboxylic acids is 1. The Morgan fingerprint density at radius 2 is 2.00 bits per heavy atom. The Balaban J connectivity index is 2.36. The summed E-state index contributed by atoms with van der Waals surface area (Å²) in [6.07, 6.45) is 0. The van der Waals surface area contributed by atoms with Crippen LogP contribution in [0.4, 0.5) is 0 Å². The molecular weight excluding hydrogens is 220 g/mol. The van der Waals surface area contributed by atoms with Crippen LogP contribution in [0.5, 0.6) is 0 Å². The highest BCUT2D eigenvalue weighted by molar-refractivity contribution is 5.88. The van der Waals surface area contributed by atoms with Gasteiger partial charge in [-0.1, -0.05) is 12.1 Å². The van der Waals surface area contributed by atoms with Gasteiger partial charge in [0.2, 0.25) is 0 Å². The third-order valence-corrected chi connectivity index (χ3v) is 2.54. The summed E-state index contributed by atoms with van der Waals surface area (Å²) in [7, 11) is 0. The number of aliphatic hydroxyl groups excluding tert-OH is 1. The van der Waals surface area contributed by atoms with E-state index in [9.17, 15) is 4.79 Å². The van der Waals surface area contributed by atoms with E-state index in [1.807, 2.05) is 6.92 Å².